The first-order valence-electron chi connectivity index (χ1n) is 5.26. The monoisotopic (exact) mass is 202 g/mol. The Balaban J connectivity index is 2.16. The minimum Gasteiger partial charge on any atom is -0.478 e. The average Bonchev–Trinajstić information content (AvgIpc) is 2.30. The van der Waals surface area contributed by atoms with E-state index in [1.54, 1.807) is 6.08 Å². The van der Waals surface area contributed by atoms with Gasteiger partial charge in [0.25, 0.3) is 0 Å². The highest BCUT2D eigenvalue weighted by molar-refractivity contribution is 5.87. The molecule has 2 rings (SSSR count). The van der Waals surface area contributed by atoms with Gasteiger partial charge in [0.2, 0.25) is 0 Å². The van der Waals surface area contributed by atoms with Crippen molar-refractivity contribution in [2.24, 2.45) is 0 Å². The first-order valence-corrected chi connectivity index (χ1v) is 5.26. The molecule has 0 spiro atoms. The molecule has 0 aromatic heterocycles. The zero-order valence-corrected chi connectivity index (χ0v) is 8.57. The molecule has 2 heteroatoms. The zero-order valence-electron chi connectivity index (χ0n) is 8.57. The zero-order chi connectivity index (χ0) is 10.7. The van der Waals surface area contributed by atoms with Crippen LogP contribution < -0.4 is 0 Å². The molecular weight excluding hydrogens is 188 g/mol. The van der Waals surface area contributed by atoms with Gasteiger partial charge < -0.3 is 5.11 Å². The number of carbonyl (C=O) groups is 1. The molecule has 0 saturated heterocycles. The predicted molar refractivity (Wildman–Crippen MR) is 59.5 cm³/mol. The molecule has 0 amide bonds. The van der Waals surface area contributed by atoms with E-state index >= 15 is 0 Å². The highest BCUT2D eigenvalue weighted by Gasteiger charge is 2.14. The first kappa shape index (κ1) is 9.97. The van der Waals surface area contributed by atoms with Crippen LogP contribution in [-0.2, 0) is 4.79 Å². The Bertz CT molecular complexity index is 395. The summed E-state index contributed by atoms with van der Waals surface area (Å²) >= 11 is 0. The fourth-order valence-electron chi connectivity index (χ4n) is 1.95. The van der Waals surface area contributed by atoms with Crippen molar-refractivity contribution in [3.05, 3.63) is 47.1 Å². The van der Waals surface area contributed by atoms with E-state index in [9.17, 15) is 4.79 Å². The molecule has 0 fully saturated rings. The molecule has 0 radical (unpaired) electrons. The van der Waals surface area contributed by atoms with Gasteiger partial charge in [0, 0.05) is 5.57 Å². The van der Waals surface area contributed by atoms with Crippen LogP contribution in [0.1, 0.15) is 25.7 Å². The third-order valence-corrected chi connectivity index (χ3v) is 2.85. The molecule has 78 valence electrons. The van der Waals surface area contributed by atoms with E-state index in [-0.39, 0.29) is 0 Å². The number of allylic oxidation sites excluding steroid dienone is 7. The topological polar surface area (TPSA) is 37.3 Å². The average molecular weight is 202 g/mol. The summed E-state index contributed by atoms with van der Waals surface area (Å²) in [5, 5.41) is 8.81. The predicted octanol–water partition coefficient (Wildman–Crippen LogP) is 2.99. The first-order chi connectivity index (χ1) is 7.27. The van der Waals surface area contributed by atoms with Crippen LogP contribution in [0, 0.1) is 0 Å². The summed E-state index contributed by atoms with van der Waals surface area (Å²) in [4.78, 5) is 10.7. The van der Waals surface area contributed by atoms with E-state index in [2.05, 4.69) is 18.2 Å². The normalized spacial score (nSPS) is 20.4. The van der Waals surface area contributed by atoms with Crippen LogP contribution in [-0.4, -0.2) is 11.1 Å². The Morgan fingerprint density at radius 1 is 1.07 bits per heavy atom. The summed E-state index contributed by atoms with van der Waals surface area (Å²) in [5.74, 6) is -0.789. The summed E-state index contributed by atoms with van der Waals surface area (Å²) in [5.41, 5.74) is 3.17. The van der Waals surface area contributed by atoms with Crippen LogP contribution in [0.5, 0.6) is 0 Å². The van der Waals surface area contributed by atoms with Gasteiger partial charge in [0.05, 0.1) is 0 Å². The van der Waals surface area contributed by atoms with Crippen molar-refractivity contribution in [3.63, 3.8) is 0 Å². The summed E-state index contributed by atoms with van der Waals surface area (Å²) in [6.45, 7) is 0. The van der Waals surface area contributed by atoms with Crippen molar-refractivity contribution in [3.8, 4) is 0 Å². The quantitative estimate of drug-likeness (QED) is 0.747. The Kier molecular flexibility index (Phi) is 2.86. The molecular formula is C13H14O2. The van der Waals surface area contributed by atoms with Crippen molar-refractivity contribution in [2.75, 3.05) is 0 Å². The van der Waals surface area contributed by atoms with E-state index in [1.165, 1.54) is 11.1 Å². The standard InChI is InChI=1S/C13H14O2/c14-13(15)12-8-6-11(7-9-12)10-4-2-1-3-5-10/h1-2,4,6,8H,3,5,7,9H2,(H,14,15). The Hall–Kier alpha value is -1.57. The van der Waals surface area contributed by atoms with E-state index < -0.39 is 5.97 Å². The van der Waals surface area contributed by atoms with Crippen LogP contribution >= 0.6 is 0 Å². The number of carboxylic acids is 1. The number of aliphatic carboxylic acids is 1. The lowest BCUT2D eigenvalue weighted by Crippen LogP contribution is -2.05. The van der Waals surface area contributed by atoms with Crippen LogP contribution in [0.2, 0.25) is 0 Å². The minimum absolute atomic E-state index is 0.519. The molecule has 2 nitrogen and oxygen atoms in total. The number of rotatable bonds is 2. The number of hydrogen-bond acceptors (Lipinski definition) is 1. The summed E-state index contributed by atoms with van der Waals surface area (Å²) < 4.78 is 0. The van der Waals surface area contributed by atoms with E-state index in [0.29, 0.717) is 12.0 Å². The van der Waals surface area contributed by atoms with E-state index in [1.807, 2.05) is 6.08 Å². The van der Waals surface area contributed by atoms with Gasteiger partial charge in [0.15, 0.2) is 0 Å². The van der Waals surface area contributed by atoms with Gasteiger partial charge in [-0.2, -0.15) is 0 Å². The molecule has 0 unspecified atom stereocenters. The maximum absolute atomic E-state index is 10.7. The van der Waals surface area contributed by atoms with Crippen molar-refractivity contribution < 1.29 is 9.90 Å². The lowest BCUT2D eigenvalue weighted by atomic mass is 9.89. The molecule has 2 aliphatic rings. The van der Waals surface area contributed by atoms with Crippen molar-refractivity contribution in [2.45, 2.75) is 25.7 Å². The van der Waals surface area contributed by atoms with Gasteiger partial charge in [0.1, 0.15) is 0 Å². The molecule has 0 atom stereocenters. The van der Waals surface area contributed by atoms with Crippen LogP contribution in [0.3, 0.4) is 0 Å². The smallest absolute Gasteiger partial charge is 0.331 e. The lowest BCUT2D eigenvalue weighted by Gasteiger charge is -2.16. The van der Waals surface area contributed by atoms with Gasteiger partial charge in [-0.25, -0.2) is 4.79 Å². The van der Waals surface area contributed by atoms with Gasteiger partial charge in [-0.15, -0.1) is 0 Å². The van der Waals surface area contributed by atoms with Crippen molar-refractivity contribution in [1.82, 2.24) is 0 Å². The summed E-state index contributed by atoms with van der Waals surface area (Å²) in [6.07, 6.45) is 13.8. The maximum Gasteiger partial charge on any atom is 0.331 e. The van der Waals surface area contributed by atoms with Gasteiger partial charge in [-0.1, -0.05) is 30.4 Å². The molecule has 0 saturated carbocycles. The van der Waals surface area contributed by atoms with E-state index in [0.717, 1.165) is 19.3 Å². The highest BCUT2D eigenvalue weighted by Crippen LogP contribution is 2.28. The Labute approximate surface area is 89.3 Å². The maximum atomic E-state index is 10.7. The second-order valence-electron chi connectivity index (χ2n) is 3.85. The fraction of sp³-hybridized carbons (Fsp3) is 0.308. The lowest BCUT2D eigenvalue weighted by molar-refractivity contribution is -0.132. The van der Waals surface area contributed by atoms with Gasteiger partial charge in [-0.05, 0) is 36.8 Å². The van der Waals surface area contributed by atoms with Crippen molar-refractivity contribution >= 4 is 5.97 Å². The molecule has 1 N–H and O–H groups in total. The molecule has 0 bridgehead atoms. The second kappa shape index (κ2) is 4.30. The van der Waals surface area contributed by atoms with Crippen LogP contribution in [0.15, 0.2) is 47.1 Å². The van der Waals surface area contributed by atoms with Gasteiger partial charge in [-0.3, -0.25) is 0 Å². The number of hydrogen-bond donors (Lipinski definition) is 1. The number of carboxylic acid groups (broad SMARTS) is 1. The summed E-state index contributed by atoms with van der Waals surface area (Å²) in [6, 6.07) is 0. The molecule has 0 aromatic rings. The molecule has 2 aliphatic carbocycles. The molecule has 0 aromatic carbocycles. The fourth-order valence-corrected chi connectivity index (χ4v) is 1.95. The third-order valence-electron chi connectivity index (χ3n) is 2.85. The third kappa shape index (κ3) is 2.27. The van der Waals surface area contributed by atoms with E-state index in [4.69, 9.17) is 5.11 Å². The summed E-state index contributed by atoms with van der Waals surface area (Å²) in [7, 11) is 0. The molecule has 15 heavy (non-hydrogen) atoms. The van der Waals surface area contributed by atoms with Crippen molar-refractivity contribution in [1.29, 1.82) is 0 Å². The SMILES string of the molecule is O=C(O)C1=CC=C(C2=CC=CCC2)CC1. The second-order valence-corrected chi connectivity index (χ2v) is 3.85. The molecule has 0 heterocycles. The Morgan fingerprint density at radius 2 is 1.87 bits per heavy atom. The molecule has 0 aliphatic heterocycles. The Morgan fingerprint density at radius 3 is 2.40 bits per heavy atom. The largest absolute Gasteiger partial charge is 0.478 e. The highest BCUT2D eigenvalue weighted by atomic mass is 16.4. The van der Waals surface area contributed by atoms with Crippen LogP contribution in [0.4, 0.5) is 0 Å². The van der Waals surface area contributed by atoms with Gasteiger partial charge >= 0.3 is 5.97 Å². The minimum atomic E-state index is -0.789. The van der Waals surface area contributed by atoms with Crippen LogP contribution in [0.25, 0.3) is 0 Å².